The van der Waals surface area contributed by atoms with E-state index in [4.69, 9.17) is 23.2 Å². The Balaban J connectivity index is 0.000000233. The summed E-state index contributed by atoms with van der Waals surface area (Å²) in [6.07, 6.45) is 3.25. The van der Waals surface area contributed by atoms with Gasteiger partial charge in [-0.2, -0.15) is 25.3 Å². The lowest BCUT2D eigenvalue weighted by atomic mass is 10.2. The number of benzene rings is 2. The average molecular weight is 494 g/mol. The number of thioether (sulfide) groups is 2. The molecular weight excluding hydrogens is 467 g/mol. The summed E-state index contributed by atoms with van der Waals surface area (Å²) in [6, 6.07) is 13.5. The van der Waals surface area contributed by atoms with Crippen LogP contribution in [0.4, 0.5) is 0 Å². The molecule has 1 aliphatic heterocycles. The molecule has 0 N–H and O–H groups in total. The minimum Gasteiger partial charge on any atom is -0.298 e. The van der Waals surface area contributed by atoms with E-state index in [0.717, 1.165) is 34.8 Å². The van der Waals surface area contributed by atoms with E-state index in [1.54, 1.807) is 12.1 Å². The number of rotatable bonds is 4. The number of aryl methyl sites for hydroxylation is 1. The van der Waals surface area contributed by atoms with E-state index in [2.05, 4.69) is 37.4 Å². The second-order valence-corrected chi connectivity index (χ2v) is 10.5. The van der Waals surface area contributed by atoms with E-state index in [9.17, 15) is 4.79 Å². The molecule has 28 heavy (non-hydrogen) atoms. The third kappa shape index (κ3) is 11.3. The van der Waals surface area contributed by atoms with Crippen LogP contribution in [0.5, 0.6) is 0 Å². The molecule has 154 valence electrons. The quantitative estimate of drug-likeness (QED) is 0.333. The van der Waals surface area contributed by atoms with Gasteiger partial charge in [0.25, 0.3) is 0 Å². The van der Waals surface area contributed by atoms with Gasteiger partial charge in [-0.05, 0) is 84.2 Å². The normalized spacial score (nSPS) is 13.6. The highest BCUT2D eigenvalue weighted by atomic mass is 35.5. The fourth-order valence-corrected chi connectivity index (χ4v) is 6.17. The van der Waals surface area contributed by atoms with Crippen molar-refractivity contribution in [3.63, 3.8) is 0 Å². The third-order valence-electron chi connectivity index (χ3n) is 3.46. The number of halogens is 2. The van der Waals surface area contributed by atoms with Crippen molar-refractivity contribution < 1.29 is 4.79 Å². The molecule has 0 unspecified atom stereocenters. The van der Waals surface area contributed by atoms with Gasteiger partial charge < -0.3 is 0 Å². The monoisotopic (exact) mass is 492 g/mol. The molecule has 2 aromatic rings. The number of thiol groups is 2. The van der Waals surface area contributed by atoms with E-state index in [0.29, 0.717) is 15.2 Å². The first-order chi connectivity index (χ1) is 13.5. The Kier molecular flexibility index (Phi) is 14.8. The fraction of sp³-hybridized carbons (Fsp3) is 0.381. The van der Waals surface area contributed by atoms with Crippen molar-refractivity contribution in [1.29, 1.82) is 0 Å². The molecule has 2 aromatic carbocycles. The van der Waals surface area contributed by atoms with Crippen LogP contribution >= 0.6 is 72.0 Å². The van der Waals surface area contributed by atoms with Crippen LogP contribution in [0.15, 0.2) is 42.5 Å². The average Bonchev–Trinajstić information content (AvgIpc) is 2.69. The highest BCUT2D eigenvalue weighted by Crippen LogP contribution is 2.43. The van der Waals surface area contributed by atoms with Gasteiger partial charge in [-0.3, -0.25) is 4.79 Å². The van der Waals surface area contributed by atoms with Crippen LogP contribution in [0.2, 0.25) is 10.0 Å². The summed E-state index contributed by atoms with van der Waals surface area (Å²) in [7, 11) is 0. The zero-order valence-corrected chi connectivity index (χ0v) is 20.7. The number of carbonyl (C=O) groups excluding carboxylic acids is 1. The van der Waals surface area contributed by atoms with Crippen molar-refractivity contribution in [2.75, 3.05) is 23.0 Å². The number of hydrogen-bond acceptors (Lipinski definition) is 5. The summed E-state index contributed by atoms with van der Waals surface area (Å²) in [6.45, 7) is 1.90. The minimum absolute atomic E-state index is 0.604. The Morgan fingerprint density at radius 3 is 2.21 bits per heavy atom. The third-order valence-corrected chi connectivity index (χ3v) is 7.57. The second kappa shape index (κ2) is 15.9. The molecule has 0 saturated carbocycles. The number of aldehydes is 1. The van der Waals surface area contributed by atoms with Crippen LogP contribution in [-0.4, -0.2) is 29.3 Å². The zero-order valence-electron chi connectivity index (χ0n) is 15.8. The summed E-state index contributed by atoms with van der Waals surface area (Å²) in [4.78, 5) is 10.3. The molecule has 7 heteroatoms. The predicted octanol–water partition coefficient (Wildman–Crippen LogP) is 7.91. The molecule has 3 rings (SSSR count). The van der Waals surface area contributed by atoms with Gasteiger partial charge in [0.05, 0.1) is 4.58 Å². The minimum atomic E-state index is 0.604. The first-order valence-electron chi connectivity index (χ1n) is 8.93. The van der Waals surface area contributed by atoms with Crippen molar-refractivity contribution in [2.45, 2.75) is 24.3 Å². The Labute approximate surface area is 198 Å². The smallest absolute Gasteiger partial charge is 0.150 e. The Hall–Kier alpha value is 0.0900. The van der Waals surface area contributed by atoms with Gasteiger partial charge in [0.1, 0.15) is 6.29 Å². The van der Waals surface area contributed by atoms with Crippen LogP contribution in [-0.2, 0) is 0 Å². The van der Waals surface area contributed by atoms with Gasteiger partial charge in [0, 0.05) is 15.6 Å². The molecule has 0 radical (unpaired) electrons. The molecule has 1 heterocycles. The first kappa shape index (κ1) is 26.1. The zero-order chi connectivity index (χ0) is 20.8. The molecule has 1 aliphatic rings. The summed E-state index contributed by atoms with van der Waals surface area (Å²) in [5, 5.41) is 1.46. The lowest BCUT2D eigenvalue weighted by Crippen LogP contribution is -1.99. The van der Waals surface area contributed by atoms with Gasteiger partial charge in [0.2, 0.25) is 0 Å². The maximum atomic E-state index is 10.3. The Morgan fingerprint density at radius 1 is 1.04 bits per heavy atom. The van der Waals surface area contributed by atoms with Crippen molar-refractivity contribution in [1.82, 2.24) is 0 Å². The summed E-state index contributed by atoms with van der Waals surface area (Å²) in [5.74, 6) is 4.49. The molecule has 0 atom stereocenters. The Bertz CT molecular complexity index is 684. The van der Waals surface area contributed by atoms with Crippen molar-refractivity contribution in [3.8, 4) is 0 Å². The highest BCUT2D eigenvalue weighted by Gasteiger charge is 2.16. The summed E-state index contributed by atoms with van der Waals surface area (Å²) in [5.41, 5.74) is 3.00. The molecule has 0 bridgehead atoms. The predicted molar refractivity (Wildman–Crippen MR) is 138 cm³/mol. The van der Waals surface area contributed by atoms with E-state index >= 15 is 0 Å². The molecule has 0 aromatic heterocycles. The first-order valence-corrected chi connectivity index (χ1v) is 13.0. The number of carbonyl (C=O) groups is 1. The van der Waals surface area contributed by atoms with Crippen LogP contribution in [0.1, 0.15) is 38.9 Å². The highest BCUT2D eigenvalue weighted by molar-refractivity contribution is 8.16. The van der Waals surface area contributed by atoms with Crippen LogP contribution in [0.3, 0.4) is 0 Å². The summed E-state index contributed by atoms with van der Waals surface area (Å²) < 4.78 is 0.604. The maximum absolute atomic E-state index is 10.3. The van der Waals surface area contributed by atoms with E-state index in [1.165, 1.54) is 23.5 Å². The topological polar surface area (TPSA) is 17.1 Å². The van der Waals surface area contributed by atoms with Gasteiger partial charge in [-0.25, -0.2) is 0 Å². The van der Waals surface area contributed by atoms with E-state index in [1.807, 2.05) is 48.6 Å². The van der Waals surface area contributed by atoms with E-state index < -0.39 is 0 Å². The molecule has 0 amide bonds. The van der Waals surface area contributed by atoms with Crippen LogP contribution in [0, 0.1) is 6.92 Å². The fourth-order valence-electron chi connectivity index (χ4n) is 2.24. The van der Waals surface area contributed by atoms with Gasteiger partial charge in [0.15, 0.2) is 0 Å². The van der Waals surface area contributed by atoms with Crippen molar-refractivity contribution in [3.05, 3.63) is 69.2 Å². The standard InChI is InChI=1S/C10H11ClS2.C8H7ClO.C3H8S2/c11-9-4-1-3-8(7-9)10-12-5-2-6-13-10;1-6-2-7(5-10)4-8(9)3-6;4-2-1-3-5/h1,3-4,7,10H,2,5-6H2;2-5H,1H3;4-5H,1-3H2. The molecule has 1 nitrogen and oxygen atoms in total. The van der Waals surface area contributed by atoms with Gasteiger partial charge in [-0.15, -0.1) is 23.5 Å². The molecule has 0 aliphatic carbocycles. The molecule has 0 spiro atoms. The molecular formula is C21H26Cl2OS4. The van der Waals surface area contributed by atoms with E-state index in [-0.39, 0.29) is 0 Å². The number of hydrogen-bond donors (Lipinski definition) is 2. The molecule has 1 saturated heterocycles. The lowest BCUT2D eigenvalue weighted by Gasteiger charge is -2.21. The lowest BCUT2D eigenvalue weighted by molar-refractivity contribution is 0.112. The van der Waals surface area contributed by atoms with Crippen molar-refractivity contribution in [2.24, 2.45) is 0 Å². The van der Waals surface area contributed by atoms with Crippen molar-refractivity contribution >= 4 is 78.3 Å². The Morgan fingerprint density at radius 2 is 1.71 bits per heavy atom. The van der Waals surface area contributed by atoms with Crippen LogP contribution < -0.4 is 0 Å². The maximum Gasteiger partial charge on any atom is 0.150 e. The van der Waals surface area contributed by atoms with Crippen LogP contribution in [0.25, 0.3) is 0 Å². The summed E-state index contributed by atoms with van der Waals surface area (Å²) >= 11 is 23.6. The van der Waals surface area contributed by atoms with Gasteiger partial charge >= 0.3 is 0 Å². The van der Waals surface area contributed by atoms with Gasteiger partial charge in [-0.1, -0.05) is 35.3 Å². The second-order valence-electron chi connectivity index (χ2n) is 5.96. The largest absolute Gasteiger partial charge is 0.298 e. The molecule has 1 fully saturated rings. The SMILES string of the molecule is Cc1cc(Cl)cc(C=O)c1.Clc1cccc(C2SCCCS2)c1.SCCCS.